The first-order valence-corrected chi connectivity index (χ1v) is 9.24. The summed E-state index contributed by atoms with van der Waals surface area (Å²) in [4.78, 5) is 25.3. The number of hydrogen-bond acceptors (Lipinski definition) is 4. The number of carbonyl (C=O) groups is 2. The normalized spacial score (nSPS) is 10.7. The minimum Gasteiger partial charge on any atom is -0.462 e. The van der Waals surface area contributed by atoms with E-state index in [-0.39, 0.29) is 13.2 Å². The Labute approximate surface area is 172 Å². The number of esters is 2. The SMILES string of the molecule is CCOC(=O)c1c(-c2ccccc2)c(C(=O)OCC)c(C)[n+](C)c1C.F[B-](F)(F)F. The molecule has 0 N–H and O–H groups in total. The third-order valence-corrected chi connectivity index (χ3v) is 4.25. The van der Waals surface area contributed by atoms with Crippen LogP contribution in [0.3, 0.4) is 0 Å². The van der Waals surface area contributed by atoms with E-state index in [1.807, 2.05) is 55.8 Å². The van der Waals surface area contributed by atoms with Crippen LogP contribution in [0.4, 0.5) is 17.3 Å². The Morgan fingerprint density at radius 2 is 1.23 bits per heavy atom. The van der Waals surface area contributed by atoms with Crippen molar-refractivity contribution in [2.75, 3.05) is 13.2 Å². The molecule has 0 saturated carbocycles. The molecule has 0 saturated heterocycles. The lowest BCUT2D eigenvalue weighted by atomic mass is 9.92. The van der Waals surface area contributed by atoms with Crippen LogP contribution in [0.15, 0.2) is 30.3 Å². The van der Waals surface area contributed by atoms with E-state index in [1.54, 1.807) is 13.8 Å². The van der Waals surface area contributed by atoms with Crippen LogP contribution < -0.4 is 4.57 Å². The summed E-state index contributed by atoms with van der Waals surface area (Å²) in [5.41, 5.74) is 3.60. The fourth-order valence-corrected chi connectivity index (χ4v) is 2.87. The predicted octanol–water partition coefficient (Wildman–Crippen LogP) is 4.45. The molecule has 0 unspecified atom stereocenters. The number of pyridine rings is 1. The van der Waals surface area contributed by atoms with Crippen LogP contribution in [-0.4, -0.2) is 32.4 Å². The van der Waals surface area contributed by atoms with Gasteiger partial charge in [0.1, 0.15) is 18.2 Å². The monoisotopic (exact) mass is 429 g/mol. The molecule has 30 heavy (non-hydrogen) atoms. The Kier molecular flexibility index (Phi) is 9.01. The summed E-state index contributed by atoms with van der Waals surface area (Å²) >= 11 is 0. The number of rotatable bonds is 5. The standard InChI is InChI=1S/C20H24NO4.BF4/c1-6-24-19(22)16-13(3)21(5)14(4)17(20(23)25-7-2)18(16)15-11-9-8-10-12-15;2-1(3,4)5/h8-12H,6-7H2,1-5H3;/q+1;-1. The number of benzene rings is 1. The van der Waals surface area contributed by atoms with Crippen molar-refractivity contribution in [2.24, 2.45) is 7.05 Å². The van der Waals surface area contributed by atoms with Crippen LogP contribution in [0, 0.1) is 13.8 Å². The molecule has 2 aromatic rings. The molecular weight excluding hydrogens is 405 g/mol. The molecule has 0 aliphatic rings. The summed E-state index contributed by atoms with van der Waals surface area (Å²) in [5.74, 6) is -0.889. The summed E-state index contributed by atoms with van der Waals surface area (Å²) in [6.45, 7) is 7.74. The highest BCUT2D eigenvalue weighted by atomic mass is 19.5. The molecule has 0 spiro atoms. The van der Waals surface area contributed by atoms with Gasteiger partial charge in [0.25, 0.3) is 0 Å². The topological polar surface area (TPSA) is 56.5 Å². The van der Waals surface area contributed by atoms with Crippen molar-refractivity contribution in [3.05, 3.63) is 52.8 Å². The molecule has 0 aliphatic heterocycles. The van der Waals surface area contributed by atoms with Crippen LogP contribution in [0.5, 0.6) is 0 Å². The van der Waals surface area contributed by atoms with Crippen molar-refractivity contribution in [1.82, 2.24) is 0 Å². The Morgan fingerprint density at radius 3 is 1.57 bits per heavy atom. The van der Waals surface area contributed by atoms with Gasteiger partial charge in [-0.2, -0.15) is 0 Å². The van der Waals surface area contributed by atoms with E-state index in [0.717, 1.165) is 17.0 Å². The van der Waals surface area contributed by atoms with E-state index in [2.05, 4.69) is 0 Å². The van der Waals surface area contributed by atoms with E-state index < -0.39 is 19.2 Å². The molecular formula is C20H24BF4NO4. The van der Waals surface area contributed by atoms with E-state index in [0.29, 0.717) is 16.7 Å². The van der Waals surface area contributed by atoms with Gasteiger partial charge in [-0.1, -0.05) is 30.3 Å². The number of halogens is 4. The maximum Gasteiger partial charge on any atom is 0.673 e. The first-order valence-electron chi connectivity index (χ1n) is 9.24. The van der Waals surface area contributed by atoms with Gasteiger partial charge in [0, 0.05) is 19.4 Å². The van der Waals surface area contributed by atoms with Crippen molar-refractivity contribution >= 4 is 19.2 Å². The maximum atomic E-state index is 12.7. The summed E-state index contributed by atoms with van der Waals surface area (Å²) < 4.78 is 51.3. The van der Waals surface area contributed by atoms with Crippen molar-refractivity contribution in [3.8, 4) is 11.1 Å². The lowest BCUT2D eigenvalue weighted by molar-refractivity contribution is -0.683. The lowest BCUT2D eigenvalue weighted by Gasteiger charge is -2.16. The molecule has 1 aromatic carbocycles. The van der Waals surface area contributed by atoms with Gasteiger partial charge in [0.15, 0.2) is 11.4 Å². The molecule has 0 aliphatic carbocycles. The molecule has 0 fully saturated rings. The molecule has 0 bridgehead atoms. The second-order valence-electron chi connectivity index (χ2n) is 6.16. The third kappa shape index (κ3) is 6.57. The molecule has 1 aromatic heterocycles. The van der Waals surface area contributed by atoms with Gasteiger partial charge in [-0.25, -0.2) is 14.2 Å². The lowest BCUT2D eigenvalue weighted by Crippen LogP contribution is -2.40. The highest BCUT2D eigenvalue weighted by Gasteiger charge is 2.33. The molecule has 0 amide bonds. The second-order valence-corrected chi connectivity index (χ2v) is 6.16. The molecule has 2 rings (SSSR count). The van der Waals surface area contributed by atoms with Gasteiger partial charge in [-0.15, -0.1) is 0 Å². The fourth-order valence-electron chi connectivity index (χ4n) is 2.87. The van der Waals surface area contributed by atoms with Gasteiger partial charge >= 0.3 is 19.2 Å². The van der Waals surface area contributed by atoms with E-state index in [9.17, 15) is 26.9 Å². The zero-order valence-corrected chi connectivity index (χ0v) is 17.5. The Morgan fingerprint density at radius 1 is 0.867 bits per heavy atom. The predicted molar refractivity (Wildman–Crippen MR) is 105 cm³/mol. The molecule has 1 heterocycles. The maximum absolute atomic E-state index is 12.7. The van der Waals surface area contributed by atoms with Crippen LogP contribution in [0.2, 0.25) is 0 Å². The highest BCUT2D eigenvalue weighted by molar-refractivity contribution is 6.50. The first-order chi connectivity index (χ1) is 13.9. The van der Waals surface area contributed by atoms with Gasteiger partial charge < -0.3 is 26.7 Å². The van der Waals surface area contributed by atoms with Crippen LogP contribution >= 0.6 is 0 Å². The number of hydrogen-bond donors (Lipinski definition) is 0. The second kappa shape index (κ2) is 10.8. The van der Waals surface area contributed by atoms with E-state index >= 15 is 0 Å². The van der Waals surface area contributed by atoms with Crippen LogP contribution in [-0.2, 0) is 16.5 Å². The molecule has 10 heteroatoms. The summed E-state index contributed by atoms with van der Waals surface area (Å²) in [6, 6.07) is 9.38. The number of carbonyl (C=O) groups excluding carboxylic acids is 2. The van der Waals surface area contributed by atoms with E-state index in [4.69, 9.17) is 9.47 Å². The molecule has 5 nitrogen and oxygen atoms in total. The summed E-state index contributed by atoms with van der Waals surface area (Å²) in [5, 5.41) is 0. The van der Waals surface area contributed by atoms with Gasteiger partial charge in [-0.05, 0) is 19.4 Å². The Balaban J connectivity index is 0.000000804. The first kappa shape index (κ1) is 25.1. The third-order valence-electron chi connectivity index (χ3n) is 4.25. The van der Waals surface area contributed by atoms with Crippen LogP contribution in [0.25, 0.3) is 11.1 Å². The minimum atomic E-state index is -6.00. The largest absolute Gasteiger partial charge is 0.673 e. The summed E-state index contributed by atoms with van der Waals surface area (Å²) in [6.07, 6.45) is 0. The van der Waals surface area contributed by atoms with E-state index in [1.165, 1.54) is 0 Å². The summed E-state index contributed by atoms with van der Waals surface area (Å²) in [7, 11) is -4.18. The fraction of sp³-hybridized carbons (Fsp3) is 0.350. The van der Waals surface area contributed by atoms with Gasteiger partial charge in [0.2, 0.25) is 0 Å². The minimum absolute atomic E-state index is 0.263. The highest BCUT2D eigenvalue weighted by Crippen LogP contribution is 2.31. The molecule has 0 radical (unpaired) electrons. The van der Waals surface area contributed by atoms with Crippen molar-refractivity contribution in [3.63, 3.8) is 0 Å². The zero-order valence-electron chi connectivity index (χ0n) is 17.5. The Bertz CT molecular complexity index is 851. The molecule has 164 valence electrons. The zero-order chi connectivity index (χ0) is 23.1. The number of nitrogens with zero attached hydrogens (tertiary/aromatic N) is 1. The van der Waals surface area contributed by atoms with Gasteiger partial charge in [0.05, 0.1) is 13.2 Å². The number of aromatic nitrogens is 1. The van der Waals surface area contributed by atoms with Crippen molar-refractivity contribution in [1.29, 1.82) is 0 Å². The van der Waals surface area contributed by atoms with Gasteiger partial charge in [-0.3, -0.25) is 0 Å². The quantitative estimate of drug-likeness (QED) is 0.305. The Hall–Kier alpha value is -2.91. The average Bonchev–Trinajstić information content (AvgIpc) is 2.65. The number of ether oxygens (including phenoxy) is 2. The average molecular weight is 429 g/mol. The van der Waals surface area contributed by atoms with Crippen LogP contribution in [0.1, 0.15) is 46.0 Å². The van der Waals surface area contributed by atoms with Crippen molar-refractivity contribution < 1.29 is 40.9 Å². The molecule has 0 atom stereocenters. The smallest absolute Gasteiger partial charge is 0.462 e. The van der Waals surface area contributed by atoms with Crippen molar-refractivity contribution in [2.45, 2.75) is 27.7 Å².